The summed E-state index contributed by atoms with van der Waals surface area (Å²) in [6, 6.07) is 10.9. The van der Waals surface area contributed by atoms with Crippen molar-refractivity contribution in [1.29, 1.82) is 0 Å². The lowest BCUT2D eigenvalue weighted by atomic mass is 10.2. The van der Waals surface area contributed by atoms with Crippen LogP contribution in [0.25, 0.3) is 0 Å². The second-order valence-corrected chi connectivity index (χ2v) is 9.07. The number of anilines is 1. The van der Waals surface area contributed by atoms with Crippen molar-refractivity contribution in [1.82, 2.24) is 11.0 Å². The van der Waals surface area contributed by atoms with Gasteiger partial charge in [-0.2, -0.15) is 0 Å². The van der Waals surface area contributed by atoms with Gasteiger partial charge in [0.2, 0.25) is 20.0 Å². The zero-order valence-electron chi connectivity index (χ0n) is 14.8. The highest BCUT2D eigenvalue weighted by Gasteiger charge is 2.17. The number of esters is 1. The van der Waals surface area contributed by atoms with E-state index in [4.69, 9.17) is 15.0 Å². The maximum Gasteiger partial charge on any atom is 0.338 e. The van der Waals surface area contributed by atoms with Gasteiger partial charge in [-0.3, -0.25) is 5.01 Å². The first-order valence-electron chi connectivity index (χ1n) is 7.98. The molecule has 0 fully saturated rings. The molecule has 13 heteroatoms. The average Bonchev–Trinajstić information content (AvgIpc) is 3.14. The van der Waals surface area contributed by atoms with Crippen LogP contribution in [-0.2, 0) is 24.8 Å². The second kappa shape index (κ2) is 7.81. The Morgan fingerprint density at radius 3 is 1.93 bits per heavy atom. The highest BCUT2D eigenvalue weighted by Crippen LogP contribution is 2.18. The summed E-state index contributed by atoms with van der Waals surface area (Å²) in [5.41, 5.74) is 6.92. The van der Waals surface area contributed by atoms with Gasteiger partial charge in [0.25, 0.3) is 0 Å². The molecule has 6 N–H and O–H groups in total. The molecule has 1 heterocycles. The number of nitrogens with one attached hydrogen (secondary N) is 2. The summed E-state index contributed by atoms with van der Waals surface area (Å²) >= 11 is 0. The molecule has 3 rings (SSSR count). The van der Waals surface area contributed by atoms with Crippen LogP contribution in [0.3, 0.4) is 0 Å². The molecular weight excluding hydrogens is 422 g/mol. The van der Waals surface area contributed by atoms with E-state index in [0.29, 0.717) is 11.4 Å². The van der Waals surface area contributed by atoms with E-state index in [-0.39, 0.29) is 22.0 Å². The van der Waals surface area contributed by atoms with Crippen LogP contribution in [0.15, 0.2) is 70.2 Å². The summed E-state index contributed by atoms with van der Waals surface area (Å²) < 4.78 is 50.2. The van der Waals surface area contributed by atoms with Gasteiger partial charge in [0.15, 0.2) is 0 Å². The standard InChI is InChI=1S/C16H17N5O6S2/c17-28(23,24)14-5-1-11(2-6-14)16(22)27-10-12-9-21(20-19-12)13-3-7-15(8-4-13)29(18,25)26/h1-9,19-20H,10H2,(H2,17,23,24)(H2,18,25,26). The minimum absolute atomic E-state index is 0.0139. The van der Waals surface area contributed by atoms with E-state index >= 15 is 0 Å². The Bertz CT molecular complexity index is 1160. The number of hydrogen-bond acceptors (Lipinski definition) is 9. The molecule has 1 aliphatic rings. The number of nitrogens with two attached hydrogens (primary N) is 2. The number of rotatable bonds is 6. The summed E-state index contributed by atoms with van der Waals surface area (Å²) in [6.45, 7) is -0.0888. The Hall–Kier alpha value is -2.97. The molecule has 0 unspecified atom stereocenters. The molecule has 154 valence electrons. The van der Waals surface area contributed by atoms with E-state index in [1.54, 1.807) is 23.3 Å². The van der Waals surface area contributed by atoms with Crippen molar-refractivity contribution in [3.63, 3.8) is 0 Å². The number of nitrogens with zero attached hydrogens (tertiary/aromatic N) is 1. The van der Waals surface area contributed by atoms with Crippen LogP contribution in [0.2, 0.25) is 0 Å². The van der Waals surface area contributed by atoms with E-state index in [9.17, 15) is 21.6 Å². The normalized spacial score (nSPS) is 14.3. The number of hydrazine groups is 2. The number of benzene rings is 2. The Labute approximate surface area is 167 Å². The maximum atomic E-state index is 12.1. The monoisotopic (exact) mass is 439 g/mol. The molecule has 29 heavy (non-hydrogen) atoms. The van der Waals surface area contributed by atoms with Gasteiger partial charge >= 0.3 is 5.97 Å². The molecule has 2 aromatic carbocycles. The van der Waals surface area contributed by atoms with Crippen molar-refractivity contribution in [3.8, 4) is 0 Å². The number of carbonyl (C=O) groups is 1. The lowest BCUT2D eigenvalue weighted by Crippen LogP contribution is -2.37. The minimum Gasteiger partial charge on any atom is -0.456 e. The first kappa shape index (κ1) is 20.8. The maximum absolute atomic E-state index is 12.1. The summed E-state index contributed by atoms with van der Waals surface area (Å²) in [4.78, 5) is 12.0. The largest absolute Gasteiger partial charge is 0.456 e. The third-order valence-electron chi connectivity index (χ3n) is 3.84. The number of ether oxygens (including phenoxy) is 1. The number of hydrogen-bond donors (Lipinski definition) is 4. The van der Waals surface area contributed by atoms with Crippen molar-refractivity contribution in [3.05, 3.63) is 66.0 Å². The number of primary sulfonamides is 2. The molecule has 0 saturated heterocycles. The van der Waals surface area contributed by atoms with E-state index in [1.807, 2.05) is 0 Å². The molecule has 0 aliphatic carbocycles. The molecule has 0 saturated carbocycles. The molecule has 0 atom stereocenters. The number of carbonyl (C=O) groups excluding carboxylic acids is 1. The molecule has 0 amide bonds. The van der Waals surface area contributed by atoms with Crippen LogP contribution in [-0.4, -0.2) is 29.4 Å². The smallest absolute Gasteiger partial charge is 0.338 e. The van der Waals surface area contributed by atoms with Crippen LogP contribution in [0, 0.1) is 0 Å². The molecule has 0 spiro atoms. The predicted molar refractivity (Wildman–Crippen MR) is 103 cm³/mol. The third kappa shape index (κ3) is 5.10. The fraction of sp³-hybridized carbons (Fsp3) is 0.0625. The van der Waals surface area contributed by atoms with E-state index in [1.165, 1.54) is 36.4 Å². The van der Waals surface area contributed by atoms with Gasteiger partial charge in [-0.25, -0.2) is 31.9 Å². The van der Waals surface area contributed by atoms with Crippen LogP contribution in [0.1, 0.15) is 10.4 Å². The van der Waals surface area contributed by atoms with E-state index in [0.717, 1.165) is 0 Å². The average molecular weight is 439 g/mol. The van der Waals surface area contributed by atoms with Gasteiger partial charge in [-0.15, -0.1) is 5.53 Å². The summed E-state index contributed by atoms with van der Waals surface area (Å²) in [7, 11) is -7.62. The van der Waals surface area contributed by atoms with Gasteiger partial charge in [0, 0.05) is 6.20 Å². The SMILES string of the molecule is NS(=O)(=O)c1ccc(C(=O)OCC2=CN(c3ccc(S(N)(=O)=O)cc3)NN2)cc1. The quantitative estimate of drug-likeness (QED) is 0.433. The Balaban J connectivity index is 1.61. The molecule has 1 aliphatic heterocycles. The molecule has 0 radical (unpaired) electrons. The highest BCUT2D eigenvalue weighted by atomic mass is 32.2. The zero-order valence-corrected chi connectivity index (χ0v) is 16.4. The first-order valence-corrected chi connectivity index (χ1v) is 11.1. The lowest BCUT2D eigenvalue weighted by Gasteiger charge is -2.15. The van der Waals surface area contributed by atoms with Crippen LogP contribution >= 0.6 is 0 Å². The fourth-order valence-electron chi connectivity index (χ4n) is 2.37. The summed E-state index contributed by atoms with van der Waals surface area (Å²) in [6.07, 6.45) is 1.61. The van der Waals surface area contributed by atoms with Crippen LogP contribution in [0.4, 0.5) is 5.69 Å². The van der Waals surface area contributed by atoms with Gasteiger partial charge in [-0.1, -0.05) is 0 Å². The fourth-order valence-corrected chi connectivity index (χ4v) is 3.40. The van der Waals surface area contributed by atoms with Gasteiger partial charge in [0.05, 0.1) is 26.7 Å². The van der Waals surface area contributed by atoms with Crippen molar-refractivity contribution >= 4 is 31.7 Å². The molecule has 2 aromatic rings. The van der Waals surface area contributed by atoms with Gasteiger partial charge in [0.1, 0.15) is 6.61 Å². The highest BCUT2D eigenvalue weighted by molar-refractivity contribution is 7.89. The number of sulfonamides is 2. The first-order chi connectivity index (χ1) is 13.5. The topological polar surface area (TPSA) is 174 Å². The Kier molecular flexibility index (Phi) is 5.59. The van der Waals surface area contributed by atoms with E-state index in [2.05, 4.69) is 11.0 Å². The van der Waals surface area contributed by atoms with Crippen molar-refractivity contribution in [2.45, 2.75) is 9.79 Å². The van der Waals surface area contributed by atoms with Gasteiger partial charge < -0.3 is 10.2 Å². The van der Waals surface area contributed by atoms with E-state index < -0.39 is 26.0 Å². The molecular formula is C16H17N5O6S2. The molecule has 0 aromatic heterocycles. The lowest BCUT2D eigenvalue weighted by molar-refractivity contribution is 0.0534. The molecule has 11 nitrogen and oxygen atoms in total. The van der Waals surface area contributed by atoms with Crippen molar-refractivity contribution in [2.75, 3.05) is 11.6 Å². The Morgan fingerprint density at radius 2 is 1.41 bits per heavy atom. The minimum atomic E-state index is -3.84. The summed E-state index contributed by atoms with van der Waals surface area (Å²) in [5.74, 6) is -0.648. The van der Waals surface area contributed by atoms with Crippen molar-refractivity contribution in [2.24, 2.45) is 10.3 Å². The predicted octanol–water partition coefficient (Wildman–Crippen LogP) is -0.491. The van der Waals surface area contributed by atoms with Crippen molar-refractivity contribution < 1.29 is 26.4 Å². The Morgan fingerprint density at radius 1 is 0.897 bits per heavy atom. The second-order valence-electron chi connectivity index (χ2n) is 5.95. The van der Waals surface area contributed by atoms with Gasteiger partial charge in [-0.05, 0) is 48.5 Å². The summed E-state index contributed by atoms with van der Waals surface area (Å²) in [5, 5.41) is 11.6. The van der Waals surface area contributed by atoms with Crippen LogP contribution in [0.5, 0.6) is 0 Å². The van der Waals surface area contributed by atoms with Crippen LogP contribution < -0.4 is 26.2 Å². The molecule has 0 bridgehead atoms. The third-order valence-corrected chi connectivity index (χ3v) is 5.70. The zero-order chi connectivity index (χ0) is 21.2.